The Bertz CT molecular complexity index is 1030. The number of amides is 2. The minimum atomic E-state index is -0.778. The highest BCUT2D eigenvalue weighted by atomic mass is 16.5. The number of nitrogens with one attached hydrogen (secondary N) is 1. The van der Waals surface area contributed by atoms with Gasteiger partial charge in [-0.15, -0.1) is 11.5 Å². The van der Waals surface area contributed by atoms with Gasteiger partial charge in [0.05, 0.1) is 18.9 Å². The van der Waals surface area contributed by atoms with E-state index < -0.39 is 18.2 Å². The maximum Gasteiger partial charge on any atom is 0.248 e. The number of aryl methyl sites for hydroxylation is 1. The number of aliphatic hydroxyl groups is 1. The van der Waals surface area contributed by atoms with E-state index in [4.69, 9.17) is 11.2 Å². The Hall–Kier alpha value is -3.38. The molecule has 2 aromatic rings. The van der Waals surface area contributed by atoms with Crippen molar-refractivity contribution < 1.29 is 19.4 Å². The summed E-state index contributed by atoms with van der Waals surface area (Å²) in [5, 5.41) is 21.1. The summed E-state index contributed by atoms with van der Waals surface area (Å²) in [5.41, 5.74) is 2.13. The van der Waals surface area contributed by atoms with Gasteiger partial charge in [-0.2, -0.15) is 0 Å². The first-order valence-corrected chi connectivity index (χ1v) is 10.5. The lowest BCUT2D eigenvalue weighted by Crippen LogP contribution is -2.49. The average Bonchev–Trinajstić information content (AvgIpc) is 3.37. The number of ether oxygens (including phenoxy) is 1. The van der Waals surface area contributed by atoms with Crippen LogP contribution >= 0.6 is 0 Å². The van der Waals surface area contributed by atoms with Crippen molar-refractivity contribution in [1.82, 2.24) is 25.2 Å². The second-order valence-electron chi connectivity index (χ2n) is 8.31. The number of aliphatic hydroxyl groups excluding tert-OH is 1. The highest BCUT2D eigenvalue weighted by Gasteiger charge is 2.42. The molecule has 1 aromatic heterocycles. The molecule has 0 spiro atoms. The van der Waals surface area contributed by atoms with E-state index in [1.807, 2.05) is 13.8 Å². The molecule has 3 rings (SSSR count). The van der Waals surface area contributed by atoms with Gasteiger partial charge < -0.3 is 20.1 Å². The van der Waals surface area contributed by atoms with Gasteiger partial charge in [-0.1, -0.05) is 31.0 Å². The first-order chi connectivity index (χ1) is 15.2. The molecular formula is C23H29N5O4. The zero-order chi connectivity index (χ0) is 23.4. The van der Waals surface area contributed by atoms with Gasteiger partial charge in [0.2, 0.25) is 11.8 Å². The summed E-state index contributed by atoms with van der Waals surface area (Å²) in [7, 11) is 1.53. The zero-order valence-corrected chi connectivity index (χ0v) is 18.8. The maximum absolute atomic E-state index is 13.4. The predicted octanol–water partition coefficient (Wildman–Crippen LogP) is 1.05. The number of rotatable bonds is 7. The molecule has 0 unspecified atom stereocenters. The van der Waals surface area contributed by atoms with Gasteiger partial charge >= 0.3 is 0 Å². The normalized spacial score (nSPS) is 19.0. The lowest BCUT2D eigenvalue weighted by Gasteiger charge is -2.29. The molecule has 1 aromatic carbocycles. The van der Waals surface area contributed by atoms with Crippen molar-refractivity contribution in [2.45, 2.75) is 51.9 Å². The Morgan fingerprint density at radius 2 is 2.16 bits per heavy atom. The van der Waals surface area contributed by atoms with Gasteiger partial charge in [0, 0.05) is 36.8 Å². The molecule has 1 aliphatic rings. The van der Waals surface area contributed by atoms with Crippen molar-refractivity contribution in [1.29, 1.82) is 0 Å². The number of carbonyl (C=O) groups is 2. The number of benzene rings is 1. The van der Waals surface area contributed by atoms with Crippen LogP contribution in [0.3, 0.4) is 0 Å². The zero-order valence-electron chi connectivity index (χ0n) is 18.8. The average molecular weight is 440 g/mol. The summed E-state index contributed by atoms with van der Waals surface area (Å²) in [5.74, 6) is 2.43. The highest BCUT2D eigenvalue weighted by Crippen LogP contribution is 2.27. The van der Waals surface area contributed by atoms with E-state index >= 15 is 0 Å². The Balaban J connectivity index is 1.75. The van der Waals surface area contributed by atoms with Crippen molar-refractivity contribution in [3.63, 3.8) is 0 Å². The number of aromatic nitrogens is 3. The molecule has 0 aliphatic carbocycles. The summed E-state index contributed by atoms with van der Waals surface area (Å²) in [6.45, 7) is 5.91. The van der Waals surface area contributed by atoms with Crippen molar-refractivity contribution in [2.24, 2.45) is 5.92 Å². The predicted molar refractivity (Wildman–Crippen MR) is 118 cm³/mol. The fourth-order valence-electron chi connectivity index (χ4n) is 3.96. The third kappa shape index (κ3) is 4.92. The fraction of sp³-hybridized carbons (Fsp3) is 0.478. The quantitative estimate of drug-likeness (QED) is 0.624. The number of methoxy groups -OCH3 is 1. The van der Waals surface area contributed by atoms with Crippen LogP contribution in [-0.4, -0.2) is 62.6 Å². The minimum Gasteiger partial charge on any atom is -0.496 e. The van der Waals surface area contributed by atoms with Crippen molar-refractivity contribution in [3.8, 4) is 18.1 Å². The summed E-state index contributed by atoms with van der Waals surface area (Å²) in [4.78, 5) is 27.9. The van der Waals surface area contributed by atoms with Crippen LogP contribution < -0.4 is 10.1 Å². The number of terminal acetylenes is 1. The van der Waals surface area contributed by atoms with Crippen LogP contribution in [0, 0.1) is 25.2 Å². The third-order valence-electron chi connectivity index (χ3n) is 5.57. The highest BCUT2D eigenvalue weighted by molar-refractivity contribution is 5.90. The minimum absolute atomic E-state index is 0.0796. The van der Waals surface area contributed by atoms with Gasteiger partial charge in [-0.3, -0.25) is 9.59 Å². The van der Waals surface area contributed by atoms with Gasteiger partial charge in [-0.05, 0) is 25.0 Å². The van der Waals surface area contributed by atoms with E-state index in [9.17, 15) is 14.7 Å². The van der Waals surface area contributed by atoms with Gasteiger partial charge in [0.15, 0.2) is 0 Å². The Labute approximate surface area is 187 Å². The monoisotopic (exact) mass is 439 g/mol. The molecule has 32 heavy (non-hydrogen) atoms. The smallest absolute Gasteiger partial charge is 0.248 e. The fourth-order valence-corrected chi connectivity index (χ4v) is 3.96. The molecule has 0 saturated carbocycles. The molecule has 170 valence electrons. The molecule has 2 N–H and O–H groups in total. The maximum atomic E-state index is 13.4. The lowest BCUT2D eigenvalue weighted by molar-refractivity contribution is -0.142. The second-order valence-corrected chi connectivity index (χ2v) is 8.31. The van der Waals surface area contributed by atoms with Crippen LogP contribution in [0.5, 0.6) is 5.75 Å². The summed E-state index contributed by atoms with van der Waals surface area (Å²) < 4.78 is 6.89. The molecule has 1 aliphatic heterocycles. The van der Waals surface area contributed by atoms with E-state index in [2.05, 4.69) is 21.5 Å². The molecule has 1 fully saturated rings. The Morgan fingerprint density at radius 1 is 1.41 bits per heavy atom. The van der Waals surface area contributed by atoms with Crippen LogP contribution in [0.1, 0.15) is 43.1 Å². The molecule has 2 heterocycles. The molecule has 0 radical (unpaired) electrons. The molecule has 3 atom stereocenters. The number of hydrogen-bond donors (Lipinski definition) is 2. The summed E-state index contributed by atoms with van der Waals surface area (Å²) in [6.07, 6.45) is 6.53. The topological polar surface area (TPSA) is 110 Å². The summed E-state index contributed by atoms with van der Waals surface area (Å²) >= 11 is 0. The Morgan fingerprint density at radius 3 is 2.75 bits per heavy atom. The van der Waals surface area contributed by atoms with Crippen LogP contribution in [0.2, 0.25) is 0 Å². The van der Waals surface area contributed by atoms with Crippen LogP contribution in [0.15, 0.2) is 24.4 Å². The molecule has 0 bridgehead atoms. The standard InChI is InChI=1S/C23H29N5O4/c1-6-16-7-8-17(20(9-16)32-5)11-24-22(30)19-10-18(29)13-27(19)23(31)21(14(2)3)28-12-15(4)25-26-28/h1,7-9,12,14,18-19,21,29H,10-11,13H2,2-5H3,(H,24,30)/t18-,19+,21+/m1/s1. The molecular weight excluding hydrogens is 410 g/mol. The largest absolute Gasteiger partial charge is 0.496 e. The van der Waals surface area contributed by atoms with Crippen LogP contribution in [0.4, 0.5) is 0 Å². The molecule has 2 amide bonds. The van der Waals surface area contributed by atoms with Crippen molar-refractivity contribution >= 4 is 11.8 Å². The number of likely N-dealkylation sites (tertiary alicyclic amines) is 1. The number of hydrogen-bond acceptors (Lipinski definition) is 6. The van der Waals surface area contributed by atoms with E-state index in [0.717, 1.165) is 5.56 Å². The SMILES string of the molecule is C#Cc1ccc(CNC(=O)[C@@H]2C[C@@H](O)CN2C(=O)[C@H](C(C)C)n2cc(C)nn2)c(OC)c1. The summed E-state index contributed by atoms with van der Waals surface area (Å²) in [6, 6.07) is 3.89. The number of carbonyl (C=O) groups excluding carboxylic acids is 2. The van der Waals surface area contributed by atoms with E-state index in [-0.39, 0.29) is 37.2 Å². The first kappa shape index (κ1) is 23.3. The second kappa shape index (κ2) is 9.83. The number of β-amino-alcohol motifs (C(OH)–C–C–N with tert-alkyl or cyclic N) is 1. The van der Waals surface area contributed by atoms with Crippen LogP contribution in [0.25, 0.3) is 0 Å². The molecule has 9 nitrogen and oxygen atoms in total. The van der Waals surface area contributed by atoms with E-state index in [0.29, 0.717) is 17.0 Å². The van der Waals surface area contributed by atoms with E-state index in [1.165, 1.54) is 16.7 Å². The van der Waals surface area contributed by atoms with Crippen molar-refractivity contribution in [3.05, 3.63) is 41.2 Å². The first-order valence-electron chi connectivity index (χ1n) is 10.5. The van der Waals surface area contributed by atoms with Gasteiger partial charge in [0.25, 0.3) is 0 Å². The lowest BCUT2D eigenvalue weighted by atomic mass is 10.0. The molecule has 9 heteroatoms. The third-order valence-corrected chi connectivity index (χ3v) is 5.57. The van der Waals surface area contributed by atoms with E-state index in [1.54, 1.807) is 31.3 Å². The van der Waals surface area contributed by atoms with Gasteiger partial charge in [-0.25, -0.2) is 4.68 Å². The van der Waals surface area contributed by atoms with Crippen LogP contribution in [-0.2, 0) is 16.1 Å². The molecule has 1 saturated heterocycles. The van der Waals surface area contributed by atoms with Gasteiger partial charge in [0.1, 0.15) is 17.8 Å². The van der Waals surface area contributed by atoms with Crippen molar-refractivity contribution in [2.75, 3.05) is 13.7 Å². The Kier molecular flexibility index (Phi) is 7.15. The number of nitrogens with zero attached hydrogens (tertiary/aromatic N) is 4.